The summed E-state index contributed by atoms with van der Waals surface area (Å²) in [6.07, 6.45) is 0.761. The van der Waals surface area contributed by atoms with E-state index < -0.39 is 0 Å². The third-order valence-corrected chi connectivity index (χ3v) is 3.31. The van der Waals surface area contributed by atoms with Gasteiger partial charge in [-0.3, -0.25) is 0 Å². The Morgan fingerprint density at radius 3 is 2.56 bits per heavy atom. The highest BCUT2D eigenvalue weighted by atomic mass is 35.5. The van der Waals surface area contributed by atoms with Crippen LogP contribution in [0.25, 0.3) is 10.9 Å². The van der Waals surface area contributed by atoms with Crippen LogP contribution in [0.1, 0.15) is 16.7 Å². The number of fused-ring (bicyclic) bond motifs is 1. The lowest BCUT2D eigenvalue weighted by Gasteiger charge is -2.08. The van der Waals surface area contributed by atoms with E-state index in [1.165, 1.54) is 10.9 Å². The van der Waals surface area contributed by atoms with Crippen molar-refractivity contribution in [1.29, 1.82) is 0 Å². The van der Waals surface area contributed by atoms with Crippen molar-refractivity contribution >= 4 is 34.1 Å². The van der Waals surface area contributed by atoms with Crippen molar-refractivity contribution in [2.45, 2.75) is 20.3 Å². The van der Waals surface area contributed by atoms with E-state index in [1.807, 2.05) is 6.92 Å². The van der Waals surface area contributed by atoms with E-state index in [9.17, 15) is 0 Å². The van der Waals surface area contributed by atoms with Crippen LogP contribution in [0, 0.1) is 13.8 Å². The molecule has 0 saturated heterocycles. The first kappa shape index (κ1) is 11.7. The number of nitrogens with zero attached hydrogens (tertiary/aromatic N) is 1. The zero-order valence-corrected chi connectivity index (χ0v) is 10.9. The summed E-state index contributed by atoms with van der Waals surface area (Å²) in [5, 5.41) is 1.74. The molecule has 0 radical (unpaired) electrons. The van der Waals surface area contributed by atoms with Crippen LogP contribution in [0.5, 0.6) is 0 Å². The Bertz CT molecular complexity index is 535. The Morgan fingerprint density at radius 2 is 1.88 bits per heavy atom. The van der Waals surface area contributed by atoms with Gasteiger partial charge < -0.3 is 0 Å². The predicted molar refractivity (Wildman–Crippen MR) is 70.7 cm³/mol. The molecule has 0 spiro atoms. The maximum atomic E-state index is 6.14. The predicted octanol–water partition coefficient (Wildman–Crippen LogP) is 4.29. The number of hydrogen-bond donors (Lipinski definition) is 0. The number of hydrogen-bond acceptors (Lipinski definition) is 1. The maximum Gasteiger partial charge on any atom is 0.133 e. The fourth-order valence-electron chi connectivity index (χ4n) is 1.83. The molecule has 0 atom stereocenters. The van der Waals surface area contributed by atoms with E-state index in [2.05, 4.69) is 30.1 Å². The molecule has 0 aliphatic rings. The van der Waals surface area contributed by atoms with Crippen molar-refractivity contribution in [2.75, 3.05) is 5.88 Å². The van der Waals surface area contributed by atoms with Crippen LogP contribution in [0.2, 0.25) is 5.15 Å². The van der Waals surface area contributed by atoms with E-state index in [0.29, 0.717) is 11.0 Å². The van der Waals surface area contributed by atoms with Crippen molar-refractivity contribution in [3.8, 4) is 0 Å². The Labute approximate surface area is 105 Å². The molecule has 0 N–H and O–H groups in total. The molecular weight excluding hydrogens is 241 g/mol. The number of benzene rings is 1. The Balaban J connectivity index is 2.73. The summed E-state index contributed by atoms with van der Waals surface area (Å²) in [5.74, 6) is 0.567. The van der Waals surface area contributed by atoms with Crippen molar-refractivity contribution in [2.24, 2.45) is 0 Å². The summed E-state index contributed by atoms with van der Waals surface area (Å²) in [7, 11) is 0. The summed E-state index contributed by atoms with van der Waals surface area (Å²) < 4.78 is 0. The highest BCUT2D eigenvalue weighted by Crippen LogP contribution is 2.25. The Hall–Kier alpha value is -0.790. The van der Waals surface area contributed by atoms with Gasteiger partial charge in [0.2, 0.25) is 0 Å². The van der Waals surface area contributed by atoms with Gasteiger partial charge in [0.05, 0.1) is 5.52 Å². The fourth-order valence-corrected chi connectivity index (χ4v) is 2.27. The SMILES string of the molecule is Cc1ccc(C)c2nc(Cl)c(CCCl)cc12. The van der Waals surface area contributed by atoms with Crippen LogP contribution in [0.3, 0.4) is 0 Å². The molecule has 0 amide bonds. The van der Waals surface area contributed by atoms with Gasteiger partial charge in [-0.05, 0) is 43.0 Å². The molecule has 0 bridgehead atoms. The average Bonchev–Trinajstić information content (AvgIpc) is 2.26. The first-order chi connectivity index (χ1) is 7.63. The number of aromatic nitrogens is 1. The summed E-state index contributed by atoms with van der Waals surface area (Å²) in [4.78, 5) is 4.46. The van der Waals surface area contributed by atoms with E-state index in [0.717, 1.165) is 23.1 Å². The molecule has 16 heavy (non-hydrogen) atoms. The molecule has 1 heterocycles. The van der Waals surface area contributed by atoms with Crippen molar-refractivity contribution in [3.05, 3.63) is 40.0 Å². The van der Waals surface area contributed by atoms with Gasteiger partial charge in [-0.2, -0.15) is 0 Å². The summed E-state index contributed by atoms with van der Waals surface area (Å²) >= 11 is 11.9. The second-order valence-corrected chi connectivity index (χ2v) is 4.71. The zero-order chi connectivity index (χ0) is 11.7. The standard InChI is InChI=1S/C13H13Cl2N/c1-8-3-4-9(2)12-11(8)7-10(5-6-14)13(15)16-12/h3-4,7H,5-6H2,1-2H3. The van der Waals surface area contributed by atoms with E-state index in [4.69, 9.17) is 23.2 Å². The van der Waals surface area contributed by atoms with Crippen LogP contribution in [-0.4, -0.2) is 10.9 Å². The highest BCUT2D eigenvalue weighted by molar-refractivity contribution is 6.30. The van der Waals surface area contributed by atoms with Gasteiger partial charge >= 0.3 is 0 Å². The minimum atomic E-state index is 0.567. The van der Waals surface area contributed by atoms with Crippen molar-refractivity contribution in [1.82, 2.24) is 4.98 Å². The lowest BCUT2D eigenvalue weighted by molar-refractivity contribution is 1.12. The second-order valence-electron chi connectivity index (χ2n) is 3.97. The summed E-state index contributed by atoms with van der Waals surface area (Å²) in [6.45, 7) is 4.13. The zero-order valence-electron chi connectivity index (χ0n) is 9.35. The smallest absolute Gasteiger partial charge is 0.133 e. The maximum absolute atomic E-state index is 6.14. The molecule has 0 unspecified atom stereocenters. The monoisotopic (exact) mass is 253 g/mol. The first-order valence-corrected chi connectivity index (χ1v) is 6.16. The van der Waals surface area contributed by atoms with E-state index >= 15 is 0 Å². The van der Waals surface area contributed by atoms with Gasteiger partial charge in [0.15, 0.2) is 0 Å². The molecule has 2 aromatic rings. The quantitative estimate of drug-likeness (QED) is 0.575. The van der Waals surface area contributed by atoms with Crippen LogP contribution < -0.4 is 0 Å². The van der Waals surface area contributed by atoms with Crippen LogP contribution in [-0.2, 0) is 6.42 Å². The van der Waals surface area contributed by atoms with Gasteiger partial charge in [-0.1, -0.05) is 23.7 Å². The molecule has 0 fully saturated rings. The van der Waals surface area contributed by atoms with Crippen molar-refractivity contribution < 1.29 is 0 Å². The van der Waals surface area contributed by atoms with Gasteiger partial charge in [0.1, 0.15) is 5.15 Å². The molecule has 84 valence electrons. The molecule has 0 aliphatic heterocycles. The van der Waals surface area contributed by atoms with Crippen LogP contribution in [0.15, 0.2) is 18.2 Å². The number of aryl methyl sites for hydroxylation is 3. The molecule has 3 heteroatoms. The number of pyridine rings is 1. The topological polar surface area (TPSA) is 12.9 Å². The minimum Gasteiger partial charge on any atom is -0.236 e. The fraction of sp³-hybridized carbons (Fsp3) is 0.308. The summed E-state index contributed by atoms with van der Waals surface area (Å²) in [5.41, 5.74) is 4.39. The van der Waals surface area contributed by atoms with Gasteiger partial charge in [0.25, 0.3) is 0 Å². The number of alkyl halides is 1. The van der Waals surface area contributed by atoms with Crippen molar-refractivity contribution in [3.63, 3.8) is 0 Å². The average molecular weight is 254 g/mol. The Kier molecular flexibility index (Phi) is 3.36. The molecule has 1 nitrogen and oxygen atoms in total. The summed E-state index contributed by atoms with van der Waals surface area (Å²) in [6, 6.07) is 6.29. The lowest BCUT2D eigenvalue weighted by atomic mass is 10.0. The van der Waals surface area contributed by atoms with Crippen LogP contribution >= 0.6 is 23.2 Å². The third-order valence-electron chi connectivity index (χ3n) is 2.79. The molecule has 0 aliphatic carbocycles. The molecular formula is C13H13Cl2N. The third kappa shape index (κ3) is 2.02. The highest BCUT2D eigenvalue weighted by Gasteiger charge is 2.08. The molecule has 0 saturated carbocycles. The normalized spacial score (nSPS) is 11.0. The van der Waals surface area contributed by atoms with Gasteiger partial charge in [-0.15, -0.1) is 11.6 Å². The largest absolute Gasteiger partial charge is 0.236 e. The van der Waals surface area contributed by atoms with Crippen LogP contribution in [0.4, 0.5) is 0 Å². The molecule has 1 aromatic carbocycles. The minimum absolute atomic E-state index is 0.567. The Morgan fingerprint density at radius 1 is 1.19 bits per heavy atom. The second kappa shape index (κ2) is 4.60. The van der Waals surface area contributed by atoms with Gasteiger partial charge in [-0.25, -0.2) is 4.98 Å². The van der Waals surface area contributed by atoms with E-state index in [-0.39, 0.29) is 0 Å². The lowest BCUT2D eigenvalue weighted by Crippen LogP contribution is -1.94. The molecule has 1 aromatic heterocycles. The molecule has 2 rings (SSSR count). The van der Waals surface area contributed by atoms with Gasteiger partial charge in [0, 0.05) is 11.3 Å². The number of rotatable bonds is 2. The number of halogens is 2. The van der Waals surface area contributed by atoms with E-state index in [1.54, 1.807) is 0 Å². The first-order valence-electron chi connectivity index (χ1n) is 5.25.